The van der Waals surface area contributed by atoms with Gasteiger partial charge in [-0.25, -0.2) is 9.79 Å². The number of likely N-dealkylation sites (tertiary alicyclic amines) is 1. The van der Waals surface area contributed by atoms with Gasteiger partial charge in [-0.2, -0.15) is 0 Å². The van der Waals surface area contributed by atoms with Crippen LogP contribution in [0.4, 0.5) is 17.1 Å². The standard InChI is InChI=1S/C42H34N4O6.ClH/c47-38-19-20-39(48)46(38)52-42(50)27-21-23-45(24-22-27)41(49)33-14-8-7-13-32(33)40-34-17-15-30(43-28-9-3-1-4-10-28)25-36(34)51-37-26-31(16-18-35(37)40)44-29-11-5-2-6-12-29;/h1-18,25-27,43H,19-24H2;1H. The van der Waals surface area contributed by atoms with E-state index in [2.05, 4.69) is 10.3 Å². The molecule has 4 aromatic carbocycles. The second-order valence-corrected chi connectivity index (χ2v) is 13.0. The highest BCUT2D eigenvalue weighted by Crippen LogP contribution is 2.42. The number of hydrogen-bond acceptors (Lipinski definition) is 7. The summed E-state index contributed by atoms with van der Waals surface area (Å²) in [5.74, 6) is -1.67. The molecule has 11 heteroatoms. The van der Waals surface area contributed by atoms with E-state index >= 15 is 0 Å². The minimum absolute atomic E-state index is 0. The molecule has 2 saturated heterocycles. The first-order valence-electron chi connectivity index (χ1n) is 17.4. The summed E-state index contributed by atoms with van der Waals surface area (Å²) in [5, 5.41) is 5.74. The lowest BCUT2D eigenvalue weighted by Crippen LogP contribution is -3.00. The first kappa shape index (κ1) is 35.2. The molecule has 0 saturated carbocycles. The summed E-state index contributed by atoms with van der Waals surface area (Å²) in [7, 11) is 0. The van der Waals surface area contributed by atoms with E-state index in [0.717, 1.165) is 44.5 Å². The number of piperidine rings is 1. The Labute approximate surface area is 311 Å². The van der Waals surface area contributed by atoms with E-state index in [1.807, 2.05) is 121 Å². The number of rotatable bonds is 7. The molecule has 3 heterocycles. The van der Waals surface area contributed by atoms with Gasteiger partial charge < -0.3 is 31.9 Å². The van der Waals surface area contributed by atoms with Gasteiger partial charge in [-0.3, -0.25) is 14.4 Å². The van der Waals surface area contributed by atoms with Gasteiger partial charge in [0.2, 0.25) is 11.0 Å². The van der Waals surface area contributed by atoms with Crippen molar-refractivity contribution in [2.45, 2.75) is 25.7 Å². The molecule has 2 fully saturated rings. The number of anilines is 2. The third-order valence-corrected chi connectivity index (χ3v) is 9.58. The Balaban J connectivity index is 0.00000435. The molecule has 4 aromatic rings. The second-order valence-electron chi connectivity index (χ2n) is 13.0. The normalized spacial score (nSPS) is 15.1. The lowest BCUT2D eigenvalue weighted by molar-refractivity contribution is -0.402. The fourth-order valence-electron chi connectivity index (χ4n) is 6.91. The van der Waals surface area contributed by atoms with Gasteiger partial charge in [0.1, 0.15) is 11.3 Å². The van der Waals surface area contributed by atoms with Crippen LogP contribution in [0.25, 0.3) is 33.4 Å². The monoisotopic (exact) mass is 726 g/mol. The van der Waals surface area contributed by atoms with Gasteiger partial charge in [0, 0.05) is 83.6 Å². The van der Waals surface area contributed by atoms with Gasteiger partial charge in [-0.15, -0.1) is 5.06 Å². The van der Waals surface area contributed by atoms with Gasteiger partial charge in [0.15, 0.2) is 0 Å². The van der Waals surface area contributed by atoms with Crippen LogP contribution in [0.1, 0.15) is 36.0 Å². The number of hydrogen-bond donors (Lipinski definition) is 2. The molecule has 0 unspecified atom stereocenters. The van der Waals surface area contributed by atoms with Crippen molar-refractivity contribution in [2.75, 3.05) is 18.4 Å². The lowest BCUT2D eigenvalue weighted by Gasteiger charge is -2.32. The number of benzene rings is 5. The Morgan fingerprint density at radius 1 is 0.736 bits per heavy atom. The molecule has 1 aliphatic carbocycles. The SMILES string of the molecule is O=C(ON1C(=O)CCC1=O)C1CCN(C(=O)c2ccccc2-c2c3ccc(=[NH+]c4ccccc4)cc-3oc3cc(Nc4ccccc4)ccc23)CC1.[Cl-]. The van der Waals surface area contributed by atoms with Crippen LogP contribution in [0.2, 0.25) is 0 Å². The number of para-hydroxylation sites is 2. The Morgan fingerprint density at radius 2 is 1.42 bits per heavy atom. The summed E-state index contributed by atoms with van der Waals surface area (Å²) in [6.07, 6.45) is 0.785. The molecule has 0 spiro atoms. The second kappa shape index (κ2) is 15.1. The molecule has 10 nitrogen and oxygen atoms in total. The van der Waals surface area contributed by atoms with Crippen molar-refractivity contribution in [1.82, 2.24) is 9.96 Å². The molecular weight excluding hydrogens is 692 g/mol. The molecule has 53 heavy (non-hydrogen) atoms. The summed E-state index contributed by atoms with van der Waals surface area (Å²) in [6.45, 7) is 0.646. The van der Waals surface area contributed by atoms with Gasteiger partial charge >= 0.3 is 5.97 Å². The fourth-order valence-corrected chi connectivity index (χ4v) is 6.91. The molecule has 0 aromatic heterocycles. The van der Waals surface area contributed by atoms with Crippen molar-refractivity contribution in [3.05, 3.63) is 132 Å². The molecule has 0 radical (unpaired) electrons. The molecule has 0 bridgehead atoms. The third-order valence-electron chi connectivity index (χ3n) is 9.58. The third kappa shape index (κ3) is 7.27. The molecule has 3 amide bonds. The van der Waals surface area contributed by atoms with Crippen molar-refractivity contribution >= 4 is 51.7 Å². The van der Waals surface area contributed by atoms with E-state index in [4.69, 9.17) is 9.25 Å². The Hall–Kier alpha value is -6.26. The number of nitrogens with one attached hydrogen (secondary N) is 2. The fraction of sp³-hybridized carbons (Fsp3) is 0.167. The molecule has 3 aliphatic heterocycles. The number of imide groups is 1. The van der Waals surface area contributed by atoms with E-state index in [-0.39, 0.29) is 31.2 Å². The van der Waals surface area contributed by atoms with E-state index < -0.39 is 23.7 Å². The van der Waals surface area contributed by atoms with Crippen LogP contribution in [-0.2, 0) is 19.2 Å². The van der Waals surface area contributed by atoms with Crippen molar-refractivity contribution in [1.29, 1.82) is 0 Å². The Bertz CT molecular complexity index is 2360. The lowest BCUT2D eigenvalue weighted by atomic mass is 9.89. The van der Waals surface area contributed by atoms with Crippen molar-refractivity contribution in [2.24, 2.45) is 5.92 Å². The number of nitrogens with zero attached hydrogens (tertiary/aromatic N) is 2. The highest BCUT2D eigenvalue weighted by molar-refractivity contribution is 6.09. The number of hydroxylamine groups is 2. The average molecular weight is 727 g/mol. The zero-order valence-corrected chi connectivity index (χ0v) is 29.3. The summed E-state index contributed by atoms with van der Waals surface area (Å²) in [4.78, 5) is 61.4. The van der Waals surface area contributed by atoms with Gasteiger partial charge in [-0.05, 0) is 54.8 Å². The molecule has 8 rings (SSSR count). The Morgan fingerprint density at radius 3 is 2.15 bits per heavy atom. The average Bonchev–Trinajstić information content (AvgIpc) is 3.49. The minimum atomic E-state index is -0.621. The maximum atomic E-state index is 14.3. The zero-order chi connectivity index (χ0) is 35.6. The van der Waals surface area contributed by atoms with E-state index in [0.29, 0.717) is 47.9 Å². The molecule has 266 valence electrons. The van der Waals surface area contributed by atoms with Crippen molar-refractivity contribution in [3.8, 4) is 22.5 Å². The summed E-state index contributed by atoms with van der Waals surface area (Å²) < 4.78 is 6.61. The number of halogens is 1. The van der Waals surface area contributed by atoms with Crippen LogP contribution >= 0.6 is 0 Å². The highest BCUT2D eigenvalue weighted by atomic mass is 35.5. The summed E-state index contributed by atoms with van der Waals surface area (Å²) in [5.41, 5.74) is 6.42. The summed E-state index contributed by atoms with van der Waals surface area (Å²) >= 11 is 0. The molecule has 2 N–H and O–H groups in total. The predicted octanol–water partition coefficient (Wildman–Crippen LogP) is 2.72. The minimum Gasteiger partial charge on any atom is -1.00 e. The van der Waals surface area contributed by atoms with Crippen LogP contribution in [0.5, 0.6) is 0 Å². The van der Waals surface area contributed by atoms with Crippen LogP contribution in [0.15, 0.2) is 126 Å². The van der Waals surface area contributed by atoms with Crippen LogP contribution < -0.4 is 28.1 Å². The van der Waals surface area contributed by atoms with Gasteiger partial charge in [0.25, 0.3) is 17.7 Å². The molecule has 0 atom stereocenters. The van der Waals surface area contributed by atoms with Crippen molar-refractivity contribution < 1.29 is 45.8 Å². The molecule has 4 aliphatic rings. The summed E-state index contributed by atoms with van der Waals surface area (Å²) in [6, 6.07) is 39.4. The number of fused-ring (bicyclic) bond motifs is 2. The van der Waals surface area contributed by atoms with E-state index in [1.165, 1.54) is 0 Å². The number of amides is 3. The maximum absolute atomic E-state index is 14.3. The molecular formula is C42H35ClN4O6. The first-order chi connectivity index (χ1) is 25.4. The smallest absolute Gasteiger partial charge is 0.336 e. The van der Waals surface area contributed by atoms with Gasteiger partial charge in [-0.1, -0.05) is 54.6 Å². The quantitative estimate of drug-likeness (QED) is 0.192. The van der Waals surface area contributed by atoms with Gasteiger partial charge in [0.05, 0.1) is 12.0 Å². The largest absolute Gasteiger partial charge is 1.00 e. The maximum Gasteiger partial charge on any atom is 0.336 e. The van der Waals surface area contributed by atoms with E-state index in [1.54, 1.807) is 4.90 Å². The predicted molar refractivity (Wildman–Crippen MR) is 194 cm³/mol. The van der Waals surface area contributed by atoms with E-state index in [9.17, 15) is 19.2 Å². The Kier molecular flexibility index (Phi) is 10.0. The highest BCUT2D eigenvalue weighted by Gasteiger charge is 2.37. The zero-order valence-electron chi connectivity index (χ0n) is 28.6. The topological polar surface area (TPSA) is 123 Å². The van der Waals surface area contributed by atoms with Crippen LogP contribution in [0.3, 0.4) is 0 Å². The van der Waals surface area contributed by atoms with Crippen LogP contribution in [0, 0.1) is 5.92 Å². The number of carbonyl (C=O) groups is 4. The van der Waals surface area contributed by atoms with Crippen molar-refractivity contribution in [3.63, 3.8) is 0 Å². The van der Waals surface area contributed by atoms with Crippen LogP contribution in [-0.4, -0.2) is 46.7 Å². The number of carbonyl (C=O) groups excluding carboxylic acids is 4. The first-order valence-corrected chi connectivity index (χ1v) is 17.4.